The van der Waals surface area contributed by atoms with Crippen molar-refractivity contribution in [1.29, 1.82) is 0 Å². The van der Waals surface area contributed by atoms with E-state index in [1.165, 1.54) is 15.9 Å². The van der Waals surface area contributed by atoms with E-state index in [4.69, 9.17) is 15.6 Å². The molecule has 27 heavy (non-hydrogen) atoms. The highest BCUT2D eigenvalue weighted by molar-refractivity contribution is 9.11. The van der Waals surface area contributed by atoms with Crippen molar-refractivity contribution >= 4 is 33.2 Å². The van der Waals surface area contributed by atoms with Crippen LogP contribution >= 0.6 is 27.3 Å². The van der Waals surface area contributed by atoms with Gasteiger partial charge in [-0.25, -0.2) is 14.7 Å². The fourth-order valence-electron chi connectivity index (χ4n) is 1.65. The van der Waals surface area contributed by atoms with Gasteiger partial charge in [0.25, 0.3) is 6.08 Å². The third-order valence-corrected chi connectivity index (χ3v) is 4.52. The van der Waals surface area contributed by atoms with Crippen molar-refractivity contribution in [3.63, 3.8) is 0 Å². The van der Waals surface area contributed by atoms with Gasteiger partial charge >= 0.3 is 17.8 Å². The fourth-order valence-corrected chi connectivity index (χ4v) is 3.12. The molecule has 0 unspecified atom stereocenters. The normalized spacial score (nSPS) is 10.9. The summed E-state index contributed by atoms with van der Waals surface area (Å²) in [5.74, 6) is -2.51. The summed E-state index contributed by atoms with van der Waals surface area (Å²) in [6.07, 6.45) is -7.06. The van der Waals surface area contributed by atoms with Crippen molar-refractivity contribution in [2.45, 2.75) is 19.1 Å². The van der Waals surface area contributed by atoms with Crippen molar-refractivity contribution in [2.24, 2.45) is 5.73 Å². The van der Waals surface area contributed by atoms with E-state index >= 15 is 0 Å². The van der Waals surface area contributed by atoms with Gasteiger partial charge in [-0.3, -0.25) is 4.57 Å². The second-order valence-corrected chi connectivity index (χ2v) is 7.33. The van der Waals surface area contributed by atoms with E-state index in [-0.39, 0.29) is 30.9 Å². The van der Waals surface area contributed by atoms with E-state index in [1.807, 2.05) is 12.1 Å². The van der Waals surface area contributed by atoms with Crippen LogP contribution in [0.4, 0.5) is 22.0 Å². The highest BCUT2D eigenvalue weighted by atomic mass is 79.9. The monoisotopic (exact) mass is 478 g/mol. The molecule has 4 N–H and O–H groups in total. The molecular weight excluding hydrogens is 467 g/mol. The van der Waals surface area contributed by atoms with Crippen LogP contribution in [0.15, 0.2) is 32.4 Å². The second kappa shape index (κ2) is 9.75. The summed E-state index contributed by atoms with van der Waals surface area (Å²) in [7, 11) is 0. The van der Waals surface area contributed by atoms with Crippen LogP contribution in [0.25, 0.3) is 0 Å². The Labute approximate surface area is 160 Å². The number of H-pyrrole nitrogens is 1. The minimum Gasteiger partial charge on any atom is -0.475 e. The number of aromatic nitrogens is 3. The van der Waals surface area contributed by atoms with Crippen molar-refractivity contribution < 1.29 is 31.9 Å². The molecule has 0 spiro atoms. The van der Waals surface area contributed by atoms with Crippen LogP contribution < -0.4 is 11.4 Å². The summed E-state index contributed by atoms with van der Waals surface area (Å²) >= 11 is 4.79. The van der Waals surface area contributed by atoms with Gasteiger partial charge in [-0.2, -0.15) is 27.1 Å². The molecule has 0 aliphatic rings. The Hall–Kier alpha value is -2.06. The molecule has 2 aromatic rings. The molecule has 2 rings (SSSR count). The maximum atomic E-state index is 12.6. The number of hydrogen-bond acceptors (Lipinski definition) is 5. The largest absolute Gasteiger partial charge is 0.490 e. The van der Waals surface area contributed by atoms with Gasteiger partial charge in [0.1, 0.15) is 5.82 Å². The number of nitrogens with one attached hydrogen (secondary N) is 1. The number of nitrogens with two attached hydrogens (primary N) is 1. The van der Waals surface area contributed by atoms with Crippen molar-refractivity contribution in [3.8, 4) is 0 Å². The van der Waals surface area contributed by atoms with Crippen molar-refractivity contribution in [2.75, 3.05) is 6.54 Å². The van der Waals surface area contributed by atoms with E-state index in [0.29, 0.717) is 0 Å². The number of aliphatic carboxylic acids is 1. The summed E-state index contributed by atoms with van der Waals surface area (Å²) in [4.78, 5) is 21.5. The van der Waals surface area contributed by atoms with Crippen LogP contribution in [0.3, 0.4) is 0 Å². The molecule has 0 aliphatic carbocycles. The van der Waals surface area contributed by atoms with E-state index < -0.39 is 23.9 Å². The molecule has 150 valence electrons. The average molecular weight is 479 g/mol. The lowest BCUT2D eigenvalue weighted by atomic mass is 10.2. The molecule has 0 fully saturated rings. The van der Waals surface area contributed by atoms with E-state index in [0.717, 1.165) is 8.66 Å². The molecule has 0 aliphatic heterocycles. The lowest BCUT2D eigenvalue weighted by Crippen LogP contribution is -2.21. The van der Waals surface area contributed by atoms with E-state index in [2.05, 4.69) is 26.1 Å². The summed E-state index contributed by atoms with van der Waals surface area (Å²) in [5.41, 5.74) is 4.61. The lowest BCUT2D eigenvalue weighted by Gasteiger charge is -2.05. The Morgan fingerprint density at radius 3 is 2.37 bits per heavy atom. The SMILES string of the molecule is NCC(Cc1n[nH]c(=O)n1Cc1ccc(Br)s1)=C(F)F.O=C(O)C(F)(F)F. The van der Waals surface area contributed by atoms with Gasteiger partial charge in [0.15, 0.2) is 0 Å². The Bertz CT molecular complexity index is 870. The zero-order valence-corrected chi connectivity index (χ0v) is 15.6. The zero-order valence-electron chi connectivity index (χ0n) is 13.2. The third-order valence-electron chi connectivity index (χ3n) is 2.91. The van der Waals surface area contributed by atoms with Crippen LogP contribution in [-0.2, 0) is 17.8 Å². The number of nitrogens with zero attached hydrogens (tertiary/aromatic N) is 2. The number of carbonyl (C=O) groups is 1. The molecule has 0 atom stereocenters. The maximum Gasteiger partial charge on any atom is 0.490 e. The highest BCUT2D eigenvalue weighted by Crippen LogP contribution is 2.23. The van der Waals surface area contributed by atoms with Gasteiger partial charge in [-0.05, 0) is 28.1 Å². The number of rotatable bonds is 5. The molecule has 0 saturated carbocycles. The first-order valence-electron chi connectivity index (χ1n) is 6.87. The number of halogens is 6. The average Bonchev–Trinajstić information content (AvgIpc) is 3.11. The Morgan fingerprint density at radius 1 is 1.37 bits per heavy atom. The number of carboxylic acids is 1. The molecule has 0 saturated heterocycles. The summed E-state index contributed by atoms with van der Waals surface area (Å²) in [6.45, 7) is 0.0145. The minimum absolute atomic E-state index is 0.149. The molecule has 0 amide bonds. The molecule has 0 bridgehead atoms. The van der Waals surface area contributed by atoms with Crippen LogP contribution in [0.2, 0.25) is 0 Å². The van der Waals surface area contributed by atoms with Crippen LogP contribution in [0, 0.1) is 0 Å². The highest BCUT2D eigenvalue weighted by Gasteiger charge is 2.38. The first kappa shape index (κ1) is 23.0. The summed E-state index contributed by atoms with van der Waals surface area (Å²) in [6, 6.07) is 3.71. The molecule has 0 radical (unpaired) electrons. The lowest BCUT2D eigenvalue weighted by molar-refractivity contribution is -0.192. The number of thiophene rings is 1. The Morgan fingerprint density at radius 2 is 1.96 bits per heavy atom. The number of hydrogen-bond donors (Lipinski definition) is 3. The van der Waals surface area contributed by atoms with Gasteiger partial charge in [0, 0.05) is 23.4 Å². The quantitative estimate of drug-likeness (QED) is 0.571. The third kappa shape index (κ3) is 7.22. The Balaban J connectivity index is 0.000000445. The van der Waals surface area contributed by atoms with E-state index in [1.54, 1.807) is 0 Å². The zero-order chi connectivity index (χ0) is 20.8. The number of carboxylic acid groups (broad SMARTS) is 1. The van der Waals surface area contributed by atoms with Gasteiger partial charge in [-0.15, -0.1) is 11.3 Å². The van der Waals surface area contributed by atoms with E-state index in [9.17, 15) is 26.7 Å². The molecular formula is C13H12BrF5N4O3S. The van der Waals surface area contributed by atoms with Gasteiger partial charge in [0.2, 0.25) is 0 Å². The van der Waals surface area contributed by atoms with Gasteiger partial charge in [0.05, 0.1) is 10.3 Å². The maximum absolute atomic E-state index is 12.6. The molecule has 2 aromatic heterocycles. The van der Waals surface area contributed by atoms with Gasteiger partial charge < -0.3 is 10.8 Å². The summed E-state index contributed by atoms with van der Waals surface area (Å²) in [5, 5.41) is 13.2. The molecule has 2 heterocycles. The molecule has 14 heteroatoms. The minimum atomic E-state index is -5.08. The smallest absolute Gasteiger partial charge is 0.475 e. The predicted molar refractivity (Wildman–Crippen MR) is 89.7 cm³/mol. The van der Waals surface area contributed by atoms with Gasteiger partial charge in [-0.1, -0.05) is 0 Å². The van der Waals surface area contributed by atoms with Crippen LogP contribution in [0.5, 0.6) is 0 Å². The fraction of sp³-hybridized carbons (Fsp3) is 0.308. The van der Waals surface area contributed by atoms with Crippen molar-refractivity contribution in [3.05, 3.63) is 48.8 Å². The predicted octanol–water partition coefficient (Wildman–Crippen LogP) is 2.73. The standard InChI is InChI=1S/C11H11BrF2N4OS.C2HF3O2/c12-8-2-1-7(20-8)5-18-9(16-17-11(18)19)3-6(4-15)10(13)14;3-2(4,5)1(6)7/h1-2H,3-5,15H2,(H,17,19);(H,6,7). The summed E-state index contributed by atoms with van der Waals surface area (Å²) < 4.78 is 59.2. The molecule has 0 aromatic carbocycles. The first-order chi connectivity index (χ1) is 12.5. The van der Waals surface area contributed by atoms with Crippen molar-refractivity contribution in [1.82, 2.24) is 14.8 Å². The first-order valence-corrected chi connectivity index (χ1v) is 8.48. The number of aromatic amines is 1. The number of alkyl halides is 3. The topological polar surface area (TPSA) is 114 Å². The second-order valence-electron chi connectivity index (χ2n) is 4.78. The molecule has 7 nitrogen and oxygen atoms in total. The Kier molecular flexibility index (Phi) is 8.30. The van der Waals surface area contributed by atoms with Crippen LogP contribution in [-0.4, -0.2) is 38.6 Å². The van der Waals surface area contributed by atoms with Crippen LogP contribution in [0.1, 0.15) is 10.7 Å².